The van der Waals surface area contributed by atoms with Crippen LogP contribution in [0.25, 0.3) is 0 Å². The standard InChI is InChI=1S/C8H13NS/c1-8(9-2)5-3-7(10)4-6-8/h3-5,9-10H,6H2,1-2H3. The van der Waals surface area contributed by atoms with E-state index in [-0.39, 0.29) is 5.54 Å². The van der Waals surface area contributed by atoms with Crippen LogP contribution in [-0.2, 0) is 0 Å². The molecular formula is C8H13NS. The first-order valence-electron chi connectivity index (χ1n) is 3.43. The smallest absolute Gasteiger partial charge is 0.0371 e. The zero-order chi connectivity index (χ0) is 7.61. The van der Waals surface area contributed by atoms with Gasteiger partial charge in [-0.2, -0.15) is 0 Å². The van der Waals surface area contributed by atoms with Gasteiger partial charge in [-0.15, -0.1) is 12.6 Å². The molecule has 0 bridgehead atoms. The van der Waals surface area contributed by atoms with Gasteiger partial charge in [-0.1, -0.05) is 18.2 Å². The first-order valence-corrected chi connectivity index (χ1v) is 3.88. The summed E-state index contributed by atoms with van der Waals surface area (Å²) in [6.45, 7) is 2.17. The minimum absolute atomic E-state index is 0.145. The van der Waals surface area contributed by atoms with E-state index < -0.39 is 0 Å². The van der Waals surface area contributed by atoms with Crippen LogP contribution in [0, 0.1) is 0 Å². The second kappa shape index (κ2) is 2.81. The summed E-state index contributed by atoms with van der Waals surface area (Å²) < 4.78 is 0. The van der Waals surface area contributed by atoms with Crippen LogP contribution in [-0.4, -0.2) is 12.6 Å². The lowest BCUT2D eigenvalue weighted by Crippen LogP contribution is -2.37. The number of thiol groups is 1. The van der Waals surface area contributed by atoms with Crippen molar-refractivity contribution in [2.45, 2.75) is 18.9 Å². The van der Waals surface area contributed by atoms with Crippen LogP contribution < -0.4 is 5.32 Å². The van der Waals surface area contributed by atoms with Crippen molar-refractivity contribution in [3.63, 3.8) is 0 Å². The molecule has 2 heteroatoms. The van der Waals surface area contributed by atoms with Gasteiger partial charge in [-0.05, 0) is 25.3 Å². The second-order valence-electron chi connectivity index (χ2n) is 2.83. The normalized spacial score (nSPS) is 32.1. The topological polar surface area (TPSA) is 12.0 Å². The lowest BCUT2D eigenvalue weighted by molar-refractivity contribution is 0.481. The van der Waals surface area contributed by atoms with Crippen molar-refractivity contribution >= 4 is 12.6 Å². The van der Waals surface area contributed by atoms with Crippen molar-refractivity contribution in [2.75, 3.05) is 7.05 Å². The highest BCUT2D eigenvalue weighted by Gasteiger charge is 2.18. The monoisotopic (exact) mass is 155 g/mol. The molecule has 0 spiro atoms. The van der Waals surface area contributed by atoms with Crippen LogP contribution in [0.2, 0.25) is 0 Å². The van der Waals surface area contributed by atoms with Gasteiger partial charge < -0.3 is 5.32 Å². The van der Waals surface area contributed by atoms with E-state index in [2.05, 4.69) is 37.0 Å². The maximum Gasteiger partial charge on any atom is 0.0371 e. The van der Waals surface area contributed by atoms with Crippen molar-refractivity contribution in [1.29, 1.82) is 0 Å². The van der Waals surface area contributed by atoms with E-state index >= 15 is 0 Å². The number of hydrogen-bond acceptors (Lipinski definition) is 2. The van der Waals surface area contributed by atoms with Gasteiger partial charge in [0.1, 0.15) is 0 Å². The molecule has 0 amide bonds. The van der Waals surface area contributed by atoms with Gasteiger partial charge in [0, 0.05) is 5.54 Å². The maximum absolute atomic E-state index is 4.22. The quantitative estimate of drug-likeness (QED) is 0.550. The minimum Gasteiger partial charge on any atom is -0.311 e. The van der Waals surface area contributed by atoms with Crippen LogP contribution >= 0.6 is 12.6 Å². The Morgan fingerprint density at radius 1 is 1.70 bits per heavy atom. The zero-order valence-electron chi connectivity index (χ0n) is 6.39. The Labute approximate surface area is 67.6 Å². The summed E-state index contributed by atoms with van der Waals surface area (Å²) in [6, 6.07) is 0. The highest BCUT2D eigenvalue weighted by molar-refractivity contribution is 7.84. The molecule has 0 fully saturated rings. The fraction of sp³-hybridized carbons (Fsp3) is 0.500. The molecule has 1 aliphatic rings. The van der Waals surface area contributed by atoms with E-state index in [1.54, 1.807) is 0 Å². The molecule has 1 rings (SSSR count). The summed E-state index contributed by atoms with van der Waals surface area (Å²) in [6.07, 6.45) is 7.33. The predicted octanol–water partition coefficient (Wildman–Crippen LogP) is 1.74. The maximum atomic E-state index is 4.22. The van der Waals surface area contributed by atoms with Crippen LogP contribution in [0.5, 0.6) is 0 Å². The fourth-order valence-corrected chi connectivity index (χ4v) is 1.07. The molecule has 1 N–H and O–H groups in total. The van der Waals surface area contributed by atoms with Crippen molar-refractivity contribution in [3.05, 3.63) is 23.1 Å². The van der Waals surface area contributed by atoms with Gasteiger partial charge in [0.2, 0.25) is 0 Å². The van der Waals surface area contributed by atoms with Gasteiger partial charge in [-0.25, -0.2) is 0 Å². The number of likely N-dealkylation sites (N-methyl/N-ethyl adjacent to an activating group) is 1. The molecule has 0 aliphatic heterocycles. The van der Waals surface area contributed by atoms with Crippen molar-refractivity contribution in [3.8, 4) is 0 Å². The number of hydrogen-bond donors (Lipinski definition) is 2. The van der Waals surface area contributed by atoms with Gasteiger partial charge in [-0.3, -0.25) is 0 Å². The number of allylic oxidation sites excluding steroid dienone is 1. The lowest BCUT2D eigenvalue weighted by Gasteiger charge is -2.26. The third-order valence-electron chi connectivity index (χ3n) is 1.93. The van der Waals surface area contributed by atoms with Gasteiger partial charge in [0.25, 0.3) is 0 Å². The zero-order valence-corrected chi connectivity index (χ0v) is 7.28. The summed E-state index contributed by atoms with van der Waals surface area (Å²) in [5.74, 6) is 0. The predicted molar refractivity (Wildman–Crippen MR) is 48.3 cm³/mol. The molecule has 1 unspecified atom stereocenters. The first-order chi connectivity index (χ1) is 4.66. The Balaban J connectivity index is 2.67. The molecule has 1 nitrogen and oxygen atoms in total. The van der Waals surface area contributed by atoms with Gasteiger partial charge >= 0.3 is 0 Å². The summed E-state index contributed by atoms with van der Waals surface area (Å²) in [5.41, 5.74) is 0.145. The van der Waals surface area contributed by atoms with E-state index in [9.17, 15) is 0 Å². The minimum atomic E-state index is 0.145. The molecule has 0 aromatic carbocycles. The average Bonchev–Trinajstić information content (AvgIpc) is 1.96. The van der Waals surface area contributed by atoms with Crippen LogP contribution in [0.15, 0.2) is 23.1 Å². The Morgan fingerprint density at radius 3 is 2.80 bits per heavy atom. The lowest BCUT2D eigenvalue weighted by atomic mass is 9.94. The van der Waals surface area contributed by atoms with E-state index in [4.69, 9.17) is 0 Å². The molecular weight excluding hydrogens is 142 g/mol. The highest BCUT2D eigenvalue weighted by Crippen LogP contribution is 2.21. The van der Waals surface area contributed by atoms with E-state index in [0.29, 0.717) is 0 Å². The molecule has 0 radical (unpaired) electrons. The van der Waals surface area contributed by atoms with Crippen LogP contribution in [0.4, 0.5) is 0 Å². The molecule has 1 aliphatic carbocycles. The Morgan fingerprint density at radius 2 is 2.40 bits per heavy atom. The molecule has 10 heavy (non-hydrogen) atoms. The molecule has 0 aromatic rings. The molecule has 0 aromatic heterocycles. The third kappa shape index (κ3) is 1.64. The van der Waals surface area contributed by atoms with Gasteiger partial charge in [0.15, 0.2) is 0 Å². The molecule has 0 saturated heterocycles. The molecule has 0 heterocycles. The van der Waals surface area contributed by atoms with Crippen molar-refractivity contribution < 1.29 is 0 Å². The molecule has 56 valence electrons. The first kappa shape index (κ1) is 7.89. The van der Waals surface area contributed by atoms with Gasteiger partial charge in [0.05, 0.1) is 0 Å². The Hall–Kier alpha value is -0.210. The van der Waals surface area contributed by atoms with E-state index in [1.165, 1.54) is 0 Å². The Bertz CT molecular complexity index is 184. The summed E-state index contributed by atoms with van der Waals surface area (Å²) in [5, 5.41) is 3.24. The second-order valence-corrected chi connectivity index (χ2v) is 3.35. The SMILES string of the molecule is CNC1(C)C=CC(S)=CC1. The summed E-state index contributed by atoms with van der Waals surface area (Å²) >= 11 is 4.22. The summed E-state index contributed by atoms with van der Waals surface area (Å²) in [7, 11) is 1.97. The largest absolute Gasteiger partial charge is 0.311 e. The number of nitrogens with one attached hydrogen (secondary N) is 1. The third-order valence-corrected chi connectivity index (χ3v) is 2.26. The van der Waals surface area contributed by atoms with Crippen LogP contribution in [0.3, 0.4) is 0 Å². The van der Waals surface area contributed by atoms with E-state index in [1.807, 2.05) is 13.1 Å². The highest BCUT2D eigenvalue weighted by atomic mass is 32.1. The summed E-state index contributed by atoms with van der Waals surface area (Å²) in [4.78, 5) is 1.06. The number of rotatable bonds is 1. The Kier molecular flexibility index (Phi) is 2.21. The van der Waals surface area contributed by atoms with E-state index in [0.717, 1.165) is 11.3 Å². The molecule has 1 atom stereocenters. The molecule has 0 saturated carbocycles. The van der Waals surface area contributed by atoms with Crippen molar-refractivity contribution in [2.24, 2.45) is 0 Å². The van der Waals surface area contributed by atoms with Crippen LogP contribution in [0.1, 0.15) is 13.3 Å². The van der Waals surface area contributed by atoms with Crippen molar-refractivity contribution in [1.82, 2.24) is 5.32 Å². The fourth-order valence-electron chi connectivity index (χ4n) is 0.907. The average molecular weight is 155 g/mol.